The van der Waals surface area contributed by atoms with Gasteiger partial charge in [0.15, 0.2) is 0 Å². The summed E-state index contributed by atoms with van der Waals surface area (Å²) in [4.78, 5) is 24.3. The Morgan fingerprint density at radius 2 is 2.10 bits per heavy atom. The maximum absolute atomic E-state index is 11.5. The summed E-state index contributed by atoms with van der Waals surface area (Å²) in [5, 5.41) is 14.4. The first kappa shape index (κ1) is 18.3. The van der Waals surface area contributed by atoms with E-state index in [1.807, 2.05) is 30.5 Å². The number of nitrogens with zero attached hydrogens (tertiary/aromatic N) is 2. The normalized spacial score (nSPS) is 20.4. The Kier molecular flexibility index (Phi) is 4.01. The average molecular weight is 434 g/mol. The van der Waals surface area contributed by atoms with E-state index in [1.54, 1.807) is 4.90 Å². The minimum absolute atomic E-state index is 0.0222. The predicted octanol–water partition coefficient (Wildman–Crippen LogP) is 5.74. The molecule has 4 heterocycles. The monoisotopic (exact) mass is 433 g/mol. The molecule has 1 fully saturated rings. The second-order valence-corrected chi connectivity index (χ2v) is 8.63. The van der Waals surface area contributed by atoms with Crippen LogP contribution in [0.3, 0.4) is 0 Å². The van der Waals surface area contributed by atoms with Gasteiger partial charge in [0.05, 0.1) is 22.1 Å². The molecule has 0 spiro atoms. The van der Waals surface area contributed by atoms with Gasteiger partial charge in [0.1, 0.15) is 0 Å². The third-order valence-corrected chi connectivity index (χ3v) is 6.66. The summed E-state index contributed by atoms with van der Waals surface area (Å²) < 4.78 is 0. The first-order chi connectivity index (χ1) is 15.0. The van der Waals surface area contributed by atoms with Crippen molar-refractivity contribution < 1.29 is 9.90 Å². The van der Waals surface area contributed by atoms with Crippen LogP contribution in [0.25, 0.3) is 27.5 Å². The summed E-state index contributed by atoms with van der Waals surface area (Å²) in [7, 11) is 0. The smallest absolute Gasteiger partial charge is 0.408 e. The molecule has 0 saturated carbocycles. The first-order valence-corrected chi connectivity index (χ1v) is 10.7. The van der Waals surface area contributed by atoms with E-state index in [2.05, 4.69) is 33.5 Å². The van der Waals surface area contributed by atoms with Crippen molar-refractivity contribution in [2.75, 3.05) is 5.32 Å². The molecule has 2 aliphatic rings. The second kappa shape index (κ2) is 6.78. The van der Waals surface area contributed by atoms with Gasteiger partial charge in [-0.3, -0.25) is 4.90 Å². The summed E-state index contributed by atoms with van der Waals surface area (Å²) in [6.07, 6.45) is 5.72. The second-order valence-electron chi connectivity index (χ2n) is 8.22. The third-order valence-electron chi connectivity index (χ3n) is 6.35. The van der Waals surface area contributed by atoms with Gasteiger partial charge in [-0.05, 0) is 60.7 Å². The molecule has 2 unspecified atom stereocenters. The number of carboxylic acid groups (broad SMARTS) is 1. The number of amides is 1. The van der Waals surface area contributed by atoms with Gasteiger partial charge in [0.2, 0.25) is 5.95 Å². The van der Waals surface area contributed by atoms with Crippen molar-refractivity contribution in [2.24, 2.45) is 0 Å². The molecule has 4 aromatic rings. The van der Waals surface area contributed by atoms with Gasteiger partial charge in [0, 0.05) is 28.8 Å². The topological polar surface area (TPSA) is 97.0 Å². The van der Waals surface area contributed by atoms with Crippen LogP contribution in [0.1, 0.15) is 24.8 Å². The number of benzene rings is 2. The van der Waals surface area contributed by atoms with Gasteiger partial charge in [-0.25, -0.2) is 9.78 Å². The average Bonchev–Trinajstić information content (AvgIpc) is 3.43. The molecule has 1 saturated heterocycles. The Balaban J connectivity index is 1.30. The lowest BCUT2D eigenvalue weighted by atomic mass is 9.95. The van der Waals surface area contributed by atoms with Crippen molar-refractivity contribution in [3.05, 3.63) is 59.3 Å². The van der Waals surface area contributed by atoms with Gasteiger partial charge in [-0.2, -0.15) is 0 Å². The summed E-state index contributed by atoms with van der Waals surface area (Å²) in [6.45, 7) is 0. The van der Waals surface area contributed by atoms with Crippen molar-refractivity contribution in [2.45, 2.75) is 31.3 Å². The van der Waals surface area contributed by atoms with E-state index in [4.69, 9.17) is 16.6 Å². The molecule has 0 aliphatic carbocycles. The third kappa shape index (κ3) is 3.04. The van der Waals surface area contributed by atoms with Crippen LogP contribution < -0.4 is 5.32 Å². The van der Waals surface area contributed by atoms with Crippen LogP contribution in [0.2, 0.25) is 5.02 Å². The predicted molar refractivity (Wildman–Crippen MR) is 122 cm³/mol. The van der Waals surface area contributed by atoms with Crippen molar-refractivity contribution in [3.8, 4) is 0 Å². The molecule has 2 aliphatic heterocycles. The van der Waals surface area contributed by atoms with E-state index >= 15 is 0 Å². The molecule has 7 nitrogen and oxygen atoms in total. The van der Waals surface area contributed by atoms with E-state index in [-0.39, 0.29) is 12.1 Å². The molecule has 2 aromatic carbocycles. The van der Waals surface area contributed by atoms with E-state index < -0.39 is 6.09 Å². The lowest BCUT2D eigenvalue weighted by Gasteiger charge is -2.31. The Hall–Kier alpha value is -3.45. The number of nitrogens with one attached hydrogen (secondary N) is 3. The Labute approximate surface area is 182 Å². The van der Waals surface area contributed by atoms with Gasteiger partial charge >= 0.3 is 6.09 Å². The SMILES string of the molecule is O=C(O)N1C2C=C(c3ccc4[nH]c(Nc5cc(Cl)c6cc[nH]c6c5)nc4c3)CC1CC2. The Morgan fingerprint density at radius 1 is 1.19 bits per heavy atom. The molecular formula is C23H20ClN5O2. The molecule has 2 atom stereocenters. The lowest BCUT2D eigenvalue weighted by Crippen LogP contribution is -2.41. The number of halogens is 1. The van der Waals surface area contributed by atoms with E-state index in [1.165, 1.54) is 5.57 Å². The van der Waals surface area contributed by atoms with Crippen LogP contribution in [0, 0.1) is 0 Å². The summed E-state index contributed by atoms with van der Waals surface area (Å²) >= 11 is 6.38. The van der Waals surface area contributed by atoms with Crippen LogP contribution in [-0.4, -0.2) is 43.1 Å². The van der Waals surface area contributed by atoms with Crippen LogP contribution in [-0.2, 0) is 0 Å². The number of rotatable bonds is 3. The summed E-state index contributed by atoms with van der Waals surface area (Å²) in [5.41, 5.74) is 5.91. The largest absolute Gasteiger partial charge is 0.465 e. The number of imidazole rings is 1. The van der Waals surface area contributed by atoms with E-state index in [9.17, 15) is 9.90 Å². The minimum atomic E-state index is -0.820. The number of hydrogen-bond donors (Lipinski definition) is 4. The highest BCUT2D eigenvalue weighted by molar-refractivity contribution is 6.35. The fraction of sp³-hybridized carbons (Fsp3) is 0.217. The van der Waals surface area contributed by atoms with Crippen LogP contribution in [0.5, 0.6) is 0 Å². The number of aromatic nitrogens is 3. The van der Waals surface area contributed by atoms with Gasteiger partial charge in [0.25, 0.3) is 0 Å². The van der Waals surface area contributed by atoms with Gasteiger partial charge in [-0.15, -0.1) is 0 Å². The molecule has 2 bridgehead atoms. The molecular weight excluding hydrogens is 414 g/mol. The molecule has 0 radical (unpaired) electrons. The molecule has 31 heavy (non-hydrogen) atoms. The molecule has 8 heteroatoms. The zero-order valence-electron chi connectivity index (χ0n) is 16.5. The molecule has 1 amide bonds. The number of aromatic amines is 2. The fourth-order valence-corrected chi connectivity index (χ4v) is 5.22. The van der Waals surface area contributed by atoms with Crippen LogP contribution >= 0.6 is 11.6 Å². The fourth-order valence-electron chi connectivity index (χ4n) is 4.94. The first-order valence-electron chi connectivity index (χ1n) is 10.3. The highest BCUT2D eigenvalue weighted by Crippen LogP contribution is 2.39. The summed E-state index contributed by atoms with van der Waals surface area (Å²) in [6, 6.07) is 12.0. The Bertz CT molecular complexity index is 1370. The van der Waals surface area contributed by atoms with Crippen molar-refractivity contribution >= 4 is 56.8 Å². The van der Waals surface area contributed by atoms with Crippen molar-refractivity contribution in [1.29, 1.82) is 0 Å². The van der Waals surface area contributed by atoms with Crippen LogP contribution in [0.15, 0.2) is 48.7 Å². The highest BCUT2D eigenvalue weighted by atomic mass is 35.5. The zero-order chi connectivity index (χ0) is 21.1. The number of carbonyl (C=O) groups is 1. The highest BCUT2D eigenvalue weighted by Gasteiger charge is 2.39. The number of fused-ring (bicyclic) bond motifs is 4. The lowest BCUT2D eigenvalue weighted by molar-refractivity contribution is 0.128. The quantitative estimate of drug-likeness (QED) is 0.331. The maximum atomic E-state index is 11.5. The van der Waals surface area contributed by atoms with Crippen LogP contribution in [0.4, 0.5) is 16.4 Å². The molecule has 2 aromatic heterocycles. The minimum Gasteiger partial charge on any atom is -0.465 e. The van der Waals surface area contributed by atoms with Crippen molar-refractivity contribution in [1.82, 2.24) is 19.9 Å². The number of H-pyrrole nitrogens is 2. The molecule has 156 valence electrons. The number of anilines is 2. The number of hydrogen-bond acceptors (Lipinski definition) is 3. The van der Waals surface area contributed by atoms with Gasteiger partial charge in [-0.1, -0.05) is 23.7 Å². The zero-order valence-corrected chi connectivity index (χ0v) is 17.3. The molecule has 6 rings (SSSR count). The van der Waals surface area contributed by atoms with Gasteiger partial charge < -0.3 is 20.4 Å². The van der Waals surface area contributed by atoms with Crippen molar-refractivity contribution in [3.63, 3.8) is 0 Å². The molecule has 4 N–H and O–H groups in total. The Morgan fingerprint density at radius 3 is 2.94 bits per heavy atom. The standard InChI is InChI=1S/C23H20ClN5O2/c24-18-10-14(11-20-17(18)5-6-25-20)26-22-27-19-4-1-12(9-21(19)28-22)13-7-15-2-3-16(8-13)29(15)23(30)31/h1,4-7,9-11,15-16,25H,2-3,8H2,(H,30,31)(H2,26,27,28). The van der Waals surface area contributed by atoms with E-state index in [0.717, 1.165) is 52.4 Å². The van der Waals surface area contributed by atoms with E-state index in [0.29, 0.717) is 11.0 Å². The maximum Gasteiger partial charge on any atom is 0.408 e. The summed E-state index contributed by atoms with van der Waals surface area (Å²) in [5.74, 6) is 0.642.